The Balaban J connectivity index is 3.94. The molecule has 3 nitrogen and oxygen atoms in total. The average Bonchev–Trinajstić information content (AvgIpc) is 1.97. The molecule has 0 aliphatic carbocycles. The highest BCUT2D eigenvalue weighted by atomic mass is 16.5. The smallest absolute Gasteiger partial charge is 0.227 e. The third-order valence-corrected chi connectivity index (χ3v) is 1.62. The third kappa shape index (κ3) is 3.72. The number of likely N-dealkylation sites (N-methyl/N-ethyl adjacent to an activating group) is 1. The van der Waals surface area contributed by atoms with Crippen molar-refractivity contribution in [2.45, 2.75) is 20.8 Å². The number of nitrogens with zero attached hydrogens (tertiary/aromatic N) is 1. The van der Waals surface area contributed by atoms with Crippen LogP contribution < -0.4 is 0 Å². The number of ether oxygens (including phenoxy) is 1. The number of rotatable bonds is 3. The van der Waals surface area contributed by atoms with Crippen LogP contribution in [0.25, 0.3) is 0 Å². The van der Waals surface area contributed by atoms with Gasteiger partial charge in [-0.3, -0.25) is 4.79 Å². The predicted octanol–water partition coefficient (Wildman–Crippen LogP) is 1.14. The van der Waals surface area contributed by atoms with Gasteiger partial charge in [0.2, 0.25) is 5.91 Å². The highest BCUT2D eigenvalue weighted by Gasteiger charge is 2.24. The van der Waals surface area contributed by atoms with Crippen molar-refractivity contribution < 1.29 is 9.53 Å². The summed E-state index contributed by atoms with van der Waals surface area (Å²) < 4.78 is 4.88. The SMILES string of the molecule is COCCN(C)C(=O)C(C)(C)C. The molecular weight excluding hydrogens is 154 g/mol. The van der Waals surface area contributed by atoms with Gasteiger partial charge in [0.1, 0.15) is 0 Å². The largest absolute Gasteiger partial charge is 0.383 e. The molecule has 0 aliphatic heterocycles. The molecule has 0 rings (SSSR count). The van der Waals surface area contributed by atoms with Crippen LogP contribution >= 0.6 is 0 Å². The Morgan fingerprint density at radius 2 is 1.92 bits per heavy atom. The van der Waals surface area contributed by atoms with Crippen LogP contribution in [0, 0.1) is 5.41 Å². The Hall–Kier alpha value is -0.570. The van der Waals surface area contributed by atoms with Crippen molar-refractivity contribution in [2.24, 2.45) is 5.41 Å². The fraction of sp³-hybridized carbons (Fsp3) is 0.889. The van der Waals surface area contributed by atoms with Crippen molar-refractivity contribution in [2.75, 3.05) is 27.3 Å². The van der Waals surface area contributed by atoms with Crippen LogP contribution in [0.15, 0.2) is 0 Å². The first-order chi connectivity index (χ1) is 5.39. The van der Waals surface area contributed by atoms with Crippen molar-refractivity contribution in [3.63, 3.8) is 0 Å². The zero-order valence-corrected chi connectivity index (χ0v) is 8.68. The summed E-state index contributed by atoms with van der Waals surface area (Å²) in [5, 5.41) is 0. The number of hydrogen-bond acceptors (Lipinski definition) is 2. The van der Waals surface area contributed by atoms with Crippen molar-refractivity contribution >= 4 is 5.91 Å². The van der Waals surface area contributed by atoms with Gasteiger partial charge in [0.05, 0.1) is 6.61 Å². The first kappa shape index (κ1) is 11.4. The molecule has 0 heterocycles. The summed E-state index contributed by atoms with van der Waals surface area (Å²) in [4.78, 5) is 13.2. The minimum Gasteiger partial charge on any atom is -0.383 e. The standard InChI is InChI=1S/C9H19NO2/c1-9(2,3)8(11)10(4)6-7-12-5/h6-7H2,1-5H3. The van der Waals surface area contributed by atoms with Gasteiger partial charge in [-0.1, -0.05) is 20.8 Å². The first-order valence-corrected chi connectivity index (χ1v) is 4.14. The van der Waals surface area contributed by atoms with E-state index in [4.69, 9.17) is 4.74 Å². The summed E-state index contributed by atoms with van der Waals surface area (Å²) >= 11 is 0. The predicted molar refractivity (Wildman–Crippen MR) is 49.0 cm³/mol. The molecule has 0 aliphatic rings. The number of carbonyl (C=O) groups excluding carboxylic acids is 1. The maximum Gasteiger partial charge on any atom is 0.227 e. The molecule has 0 radical (unpaired) electrons. The fourth-order valence-corrected chi connectivity index (χ4v) is 0.902. The second-order valence-corrected chi connectivity index (χ2v) is 3.97. The quantitative estimate of drug-likeness (QED) is 0.640. The van der Waals surface area contributed by atoms with E-state index in [0.29, 0.717) is 13.2 Å². The van der Waals surface area contributed by atoms with E-state index in [1.807, 2.05) is 20.8 Å². The van der Waals surface area contributed by atoms with Crippen molar-refractivity contribution in [1.82, 2.24) is 4.90 Å². The summed E-state index contributed by atoms with van der Waals surface area (Å²) in [6.45, 7) is 7.00. The Morgan fingerprint density at radius 1 is 1.42 bits per heavy atom. The van der Waals surface area contributed by atoms with E-state index in [-0.39, 0.29) is 11.3 Å². The normalized spacial score (nSPS) is 11.4. The lowest BCUT2D eigenvalue weighted by Gasteiger charge is -2.25. The summed E-state index contributed by atoms with van der Waals surface area (Å²) in [6.07, 6.45) is 0. The molecule has 0 aromatic rings. The molecule has 1 amide bonds. The molecule has 12 heavy (non-hydrogen) atoms. The van der Waals surface area contributed by atoms with Crippen molar-refractivity contribution in [3.8, 4) is 0 Å². The van der Waals surface area contributed by atoms with Crippen LogP contribution in [-0.4, -0.2) is 38.1 Å². The van der Waals surface area contributed by atoms with Gasteiger partial charge in [0, 0.05) is 26.1 Å². The molecule has 72 valence electrons. The van der Waals surface area contributed by atoms with Gasteiger partial charge in [0.25, 0.3) is 0 Å². The lowest BCUT2D eigenvalue weighted by atomic mass is 9.95. The zero-order chi connectivity index (χ0) is 9.78. The van der Waals surface area contributed by atoms with E-state index in [2.05, 4.69) is 0 Å². The molecule has 0 aromatic heterocycles. The molecule has 0 unspecified atom stereocenters. The molecule has 0 N–H and O–H groups in total. The second kappa shape index (κ2) is 4.45. The van der Waals surface area contributed by atoms with Gasteiger partial charge in [-0.15, -0.1) is 0 Å². The number of carbonyl (C=O) groups is 1. The minimum atomic E-state index is -0.289. The Bertz CT molecular complexity index is 149. The van der Waals surface area contributed by atoms with Crippen LogP contribution in [0.3, 0.4) is 0 Å². The summed E-state index contributed by atoms with van der Waals surface area (Å²) in [5.74, 6) is 0.152. The Morgan fingerprint density at radius 3 is 2.25 bits per heavy atom. The van der Waals surface area contributed by atoms with E-state index >= 15 is 0 Å². The first-order valence-electron chi connectivity index (χ1n) is 4.14. The summed E-state index contributed by atoms with van der Waals surface area (Å²) in [6, 6.07) is 0. The van der Waals surface area contributed by atoms with Gasteiger partial charge in [-0.05, 0) is 0 Å². The Labute approximate surface area is 74.7 Å². The topological polar surface area (TPSA) is 29.5 Å². The van der Waals surface area contributed by atoms with Crippen LogP contribution in [0.1, 0.15) is 20.8 Å². The lowest BCUT2D eigenvalue weighted by molar-refractivity contribution is -0.138. The fourth-order valence-electron chi connectivity index (χ4n) is 0.902. The summed E-state index contributed by atoms with van der Waals surface area (Å²) in [5.41, 5.74) is -0.289. The van der Waals surface area contributed by atoms with E-state index in [1.54, 1.807) is 19.1 Å². The second-order valence-electron chi connectivity index (χ2n) is 3.97. The van der Waals surface area contributed by atoms with Crippen molar-refractivity contribution in [3.05, 3.63) is 0 Å². The van der Waals surface area contributed by atoms with Gasteiger partial charge in [-0.25, -0.2) is 0 Å². The summed E-state index contributed by atoms with van der Waals surface area (Å²) in [7, 11) is 3.43. The molecule has 0 aromatic carbocycles. The van der Waals surface area contributed by atoms with Crippen molar-refractivity contribution in [1.29, 1.82) is 0 Å². The van der Waals surface area contributed by atoms with Crippen LogP contribution in [0.5, 0.6) is 0 Å². The highest BCUT2D eigenvalue weighted by Crippen LogP contribution is 2.15. The van der Waals surface area contributed by atoms with Gasteiger partial charge < -0.3 is 9.64 Å². The molecule has 3 heteroatoms. The van der Waals surface area contributed by atoms with Crippen LogP contribution in [0.4, 0.5) is 0 Å². The molecule has 0 spiro atoms. The minimum absolute atomic E-state index is 0.152. The van der Waals surface area contributed by atoms with Gasteiger partial charge >= 0.3 is 0 Å². The zero-order valence-electron chi connectivity index (χ0n) is 8.68. The molecule has 0 fully saturated rings. The van der Waals surface area contributed by atoms with E-state index in [0.717, 1.165) is 0 Å². The van der Waals surface area contributed by atoms with Gasteiger partial charge in [0.15, 0.2) is 0 Å². The van der Waals surface area contributed by atoms with Crippen LogP contribution in [-0.2, 0) is 9.53 Å². The molecule has 0 saturated heterocycles. The number of amides is 1. The molecule has 0 saturated carbocycles. The maximum absolute atomic E-state index is 11.5. The number of hydrogen-bond donors (Lipinski definition) is 0. The number of methoxy groups -OCH3 is 1. The van der Waals surface area contributed by atoms with Gasteiger partial charge in [-0.2, -0.15) is 0 Å². The third-order valence-electron chi connectivity index (χ3n) is 1.62. The van der Waals surface area contributed by atoms with E-state index in [9.17, 15) is 4.79 Å². The molecule has 0 bridgehead atoms. The molecular formula is C9H19NO2. The molecule has 0 atom stereocenters. The monoisotopic (exact) mass is 173 g/mol. The van der Waals surface area contributed by atoms with Crippen LogP contribution in [0.2, 0.25) is 0 Å². The maximum atomic E-state index is 11.5. The van der Waals surface area contributed by atoms with E-state index < -0.39 is 0 Å². The lowest BCUT2D eigenvalue weighted by Crippen LogP contribution is -2.38. The highest BCUT2D eigenvalue weighted by molar-refractivity contribution is 5.81. The Kier molecular flexibility index (Phi) is 4.24. The average molecular weight is 173 g/mol. The van der Waals surface area contributed by atoms with E-state index in [1.165, 1.54) is 0 Å².